The number of carbonyl (C=O) groups excluding carboxylic acids is 2. The number of rotatable bonds is 4. The lowest BCUT2D eigenvalue weighted by molar-refractivity contribution is -0.147. The zero-order chi connectivity index (χ0) is 18.5. The fourth-order valence-corrected chi connectivity index (χ4v) is 4.47. The molecule has 6 heteroatoms. The van der Waals surface area contributed by atoms with E-state index in [0.29, 0.717) is 18.5 Å². The van der Waals surface area contributed by atoms with Crippen LogP contribution in [-0.2, 0) is 22.6 Å². The minimum absolute atomic E-state index is 0.140. The lowest BCUT2D eigenvalue weighted by atomic mass is 9.90. The molecule has 1 saturated carbocycles. The highest BCUT2D eigenvalue weighted by atomic mass is 16.3. The molecule has 0 unspecified atom stereocenters. The Morgan fingerprint density at radius 2 is 2.12 bits per heavy atom. The van der Waals surface area contributed by atoms with Crippen molar-refractivity contribution in [1.29, 1.82) is 0 Å². The lowest BCUT2D eigenvalue weighted by Crippen LogP contribution is -2.61. The molecule has 0 saturated heterocycles. The summed E-state index contributed by atoms with van der Waals surface area (Å²) < 4.78 is 0. The Morgan fingerprint density at radius 3 is 2.81 bits per heavy atom. The SMILES string of the molecule is CC(C)(O)[C@H](C(=O)NC1CCCC1)N1Cc2ccnc3c2C(=CC3)C1=O. The van der Waals surface area contributed by atoms with Gasteiger partial charge in [-0.25, -0.2) is 0 Å². The van der Waals surface area contributed by atoms with Gasteiger partial charge >= 0.3 is 0 Å². The van der Waals surface area contributed by atoms with E-state index in [1.807, 2.05) is 12.1 Å². The van der Waals surface area contributed by atoms with E-state index in [0.717, 1.165) is 42.5 Å². The number of amides is 2. The Kier molecular flexibility index (Phi) is 4.10. The summed E-state index contributed by atoms with van der Waals surface area (Å²) in [7, 11) is 0. The maximum atomic E-state index is 13.1. The van der Waals surface area contributed by atoms with E-state index < -0.39 is 11.6 Å². The number of nitrogens with zero attached hydrogens (tertiary/aromatic N) is 2. The van der Waals surface area contributed by atoms with Crippen molar-refractivity contribution >= 4 is 17.4 Å². The van der Waals surface area contributed by atoms with E-state index >= 15 is 0 Å². The predicted molar refractivity (Wildman–Crippen MR) is 97.0 cm³/mol. The molecule has 2 heterocycles. The van der Waals surface area contributed by atoms with Gasteiger partial charge in [0.05, 0.1) is 11.3 Å². The van der Waals surface area contributed by atoms with Crippen molar-refractivity contribution in [3.05, 3.63) is 35.2 Å². The zero-order valence-corrected chi connectivity index (χ0v) is 15.3. The van der Waals surface area contributed by atoms with Crippen LogP contribution in [0.5, 0.6) is 0 Å². The number of hydrogen-bond acceptors (Lipinski definition) is 4. The van der Waals surface area contributed by atoms with Crippen molar-refractivity contribution in [3.63, 3.8) is 0 Å². The van der Waals surface area contributed by atoms with Crippen LogP contribution in [0.3, 0.4) is 0 Å². The first-order chi connectivity index (χ1) is 12.4. The van der Waals surface area contributed by atoms with Crippen molar-refractivity contribution in [2.45, 2.75) is 70.2 Å². The molecule has 6 nitrogen and oxygen atoms in total. The molecule has 0 bridgehead atoms. The maximum absolute atomic E-state index is 13.1. The molecule has 2 N–H and O–H groups in total. The summed E-state index contributed by atoms with van der Waals surface area (Å²) in [6.45, 7) is 3.50. The smallest absolute Gasteiger partial charge is 0.255 e. The van der Waals surface area contributed by atoms with Crippen molar-refractivity contribution in [3.8, 4) is 0 Å². The average molecular weight is 355 g/mol. The molecule has 1 atom stereocenters. The standard InChI is InChI=1S/C20H25N3O3/c1-20(2,26)17(18(24)22-13-5-3-4-6-13)23-11-12-9-10-21-15-8-7-14(16(12)15)19(23)25/h7,9-10,13,17,26H,3-6,8,11H2,1-2H3,(H,22,24)/t17-/m0/s1. The van der Waals surface area contributed by atoms with Gasteiger partial charge < -0.3 is 15.3 Å². The van der Waals surface area contributed by atoms with E-state index in [2.05, 4.69) is 10.3 Å². The monoisotopic (exact) mass is 355 g/mol. The number of aliphatic hydroxyl groups is 1. The van der Waals surface area contributed by atoms with Gasteiger partial charge in [-0.3, -0.25) is 14.6 Å². The number of carbonyl (C=O) groups is 2. The van der Waals surface area contributed by atoms with Gasteiger partial charge in [0.15, 0.2) is 0 Å². The van der Waals surface area contributed by atoms with E-state index in [9.17, 15) is 14.7 Å². The first kappa shape index (κ1) is 17.2. The highest BCUT2D eigenvalue weighted by molar-refractivity contribution is 6.23. The van der Waals surface area contributed by atoms with Gasteiger partial charge in [-0.2, -0.15) is 0 Å². The lowest BCUT2D eigenvalue weighted by Gasteiger charge is -2.41. The third-order valence-corrected chi connectivity index (χ3v) is 5.65. The molecule has 1 aromatic heterocycles. The first-order valence-corrected chi connectivity index (χ1v) is 9.37. The summed E-state index contributed by atoms with van der Waals surface area (Å²) in [6, 6.07) is 1.11. The molecule has 4 rings (SSSR count). The van der Waals surface area contributed by atoms with Crippen LogP contribution >= 0.6 is 0 Å². The van der Waals surface area contributed by atoms with Gasteiger partial charge in [0.1, 0.15) is 6.04 Å². The number of pyridine rings is 1. The summed E-state index contributed by atoms with van der Waals surface area (Å²) in [5.41, 5.74) is 2.09. The van der Waals surface area contributed by atoms with Crippen molar-refractivity contribution in [1.82, 2.24) is 15.2 Å². The Morgan fingerprint density at radius 1 is 1.38 bits per heavy atom. The van der Waals surface area contributed by atoms with Crippen molar-refractivity contribution < 1.29 is 14.7 Å². The summed E-state index contributed by atoms with van der Waals surface area (Å²) in [5.74, 6) is -0.466. The van der Waals surface area contributed by atoms with E-state index in [1.54, 1.807) is 20.0 Å². The highest BCUT2D eigenvalue weighted by Crippen LogP contribution is 2.37. The Bertz CT molecular complexity index is 788. The van der Waals surface area contributed by atoms with Gasteiger partial charge in [-0.15, -0.1) is 0 Å². The van der Waals surface area contributed by atoms with Crippen LogP contribution in [0.1, 0.15) is 56.4 Å². The van der Waals surface area contributed by atoms with E-state index in [4.69, 9.17) is 0 Å². The second-order valence-corrected chi connectivity index (χ2v) is 8.09. The highest BCUT2D eigenvalue weighted by Gasteiger charge is 2.45. The maximum Gasteiger partial charge on any atom is 0.255 e. The molecule has 1 fully saturated rings. The number of aromatic nitrogens is 1. The van der Waals surface area contributed by atoms with Crippen molar-refractivity contribution in [2.75, 3.05) is 0 Å². The molecule has 26 heavy (non-hydrogen) atoms. The molecule has 0 aromatic carbocycles. The Balaban J connectivity index is 1.66. The molecule has 2 amide bonds. The average Bonchev–Trinajstić information content (AvgIpc) is 3.21. The molecular weight excluding hydrogens is 330 g/mol. The van der Waals surface area contributed by atoms with Crippen LogP contribution in [0.4, 0.5) is 0 Å². The normalized spacial score (nSPS) is 20.8. The Hall–Kier alpha value is -2.21. The van der Waals surface area contributed by atoms with Crippen molar-refractivity contribution in [2.24, 2.45) is 0 Å². The predicted octanol–water partition coefficient (Wildman–Crippen LogP) is 1.56. The second-order valence-electron chi connectivity index (χ2n) is 8.09. The van der Waals surface area contributed by atoms with Crippen LogP contribution < -0.4 is 5.32 Å². The van der Waals surface area contributed by atoms with Gasteiger partial charge in [0, 0.05) is 36.3 Å². The summed E-state index contributed by atoms with van der Waals surface area (Å²) in [6.07, 6.45) is 8.40. The van der Waals surface area contributed by atoms with Gasteiger partial charge in [0.25, 0.3) is 5.91 Å². The largest absolute Gasteiger partial charge is 0.388 e. The summed E-state index contributed by atoms with van der Waals surface area (Å²) >= 11 is 0. The molecule has 138 valence electrons. The number of hydrogen-bond donors (Lipinski definition) is 2. The molecule has 1 aliphatic heterocycles. The van der Waals surface area contributed by atoms with Crippen LogP contribution in [0.25, 0.3) is 5.57 Å². The molecule has 0 spiro atoms. The van der Waals surface area contributed by atoms with Gasteiger partial charge in [0.2, 0.25) is 5.91 Å². The topological polar surface area (TPSA) is 82.5 Å². The molecule has 1 aromatic rings. The quantitative estimate of drug-likeness (QED) is 0.859. The second kappa shape index (κ2) is 6.20. The van der Waals surface area contributed by atoms with Gasteiger partial charge in [-0.05, 0) is 38.3 Å². The molecule has 0 radical (unpaired) electrons. The Labute approximate surface area is 153 Å². The third kappa shape index (κ3) is 2.82. The fraction of sp³-hybridized carbons (Fsp3) is 0.550. The summed E-state index contributed by atoms with van der Waals surface area (Å²) in [4.78, 5) is 32.0. The number of nitrogens with one attached hydrogen (secondary N) is 1. The fourth-order valence-electron chi connectivity index (χ4n) is 4.47. The van der Waals surface area contributed by atoms with E-state index in [1.165, 1.54) is 4.90 Å². The third-order valence-electron chi connectivity index (χ3n) is 5.65. The van der Waals surface area contributed by atoms with Gasteiger partial charge in [-0.1, -0.05) is 18.9 Å². The molecule has 2 aliphatic carbocycles. The van der Waals surface area contributed by atoms with E-state index in [-0.39, 0.29) is 17.9 Å². The molecule has 3 aliphatic rings. The van der Waals surface area contributed by atoms with Crippen LogP contribution in [0.15, 0.2) is 18.3 Å². The first-order valence-electron chi connectivity index (χ1n) is 9.37. The van der Waals surface area contributed by atoms with Crippen LogP contribution in [0, 0.1) is 0 Å². The number of allylic oxidation sites excluding steroid dienone is 1. The zero-order valence-electron chi connectivity index (χ0n) is 15.3. The molecular formula is C20H25N3O3. The van der Waals surface area contributed by atoms with Crippen LogP contribution in [0.2, 0.25) is 0 Å². The summed E-state index contributed by atoms with van der Waals surface area (Å²) in [5, 5.41) is 13.8. The minimum atomic E-state index is -1.34. The van der Waals surface area contributed by atoms with Crippen LogP contribution in [-0.4, -0.2) is 44.5 Å². The minimum Gasteiger partial charge on any atom is -0.388 e.